The summed E-state index contributed by atoms with van der Waals surface area (Å²) in [5.74, 6) is 0.108. The molecule has 1 aliphatic rings. The first-order valence-corrected chi connectivity index (χ1v) is 8.41. The van der Waals surface area contributed by atoms with E-state index in [2.05, 4.69) is 10.2 Å². The molecule has 1 aliphatic heterocycles. The summed E-state index contributed by atoms with van der Waals surface area (Å²) in [5.41, 5.74) is 0. The number of piperidine rings is 1. The fourth-order valence-corrected chi connectivity index (χ4v) is 2.46. The van der Waals surface area contributed by atoms with Gasteiger partial charge in [-0.1, -0.05) is 6.42 Å². The van der Waals surface area contributed by atoms with Gasteiger partial charge in [-0.25, -0.2) is 0 Å². The Morgan fingerprint density at radius 2 is 1.62 bits per heavy atom. The predicted molar refractivity (Wildman–Crippen MR) is 84.5 cm³/mol. The molecule has 1 heterocycles. The van der Waals surface area contributed by atoms with Gasteiger partial charge in [0, 0.05) is 39.8 Å². The largest absolute Gasteiger partial charge is 0.381 e. The number of amides is 1. The van der Waals surface area contributed by atoms with Gasteiger partial charge >= 0.3 is 0 Å². The molecule has 1 saturated heterocycles. The molecule has 1 amide bonds. The Labute approximate surface area is 129 Å². The smallest absolute Gasteiger partial charge is 0.219 e. The summed E-state index contributed by atoms with van der Waals surface area (Å²) < 4.78 is 11.2. The summed E-state index contributed by atoms with van der Waals surface area (Å²) in [5, 5.41) is 2.62. The van der Waals surface area contributed by atoms with Crippen LogP contribution in [0.5, 0.6) is 0 Å². The van der Waals surface area contributed by atoms with Crippen LogP contribution in [0.2, 0.25) is 0 Å². The third-order valence-electron chi connectivity index (χ3n) is 3.80. The molecule has 0 aromatic carbocycles. The highest BCUT2D eigenvalue weighted by Crippen LogP contribution is 2.07. The van der Waals surface area contributed by atoms with Gasteiger partial charge in [-0.2, -0.15) is 0 Å². The monoisotopic (exact) mass is 300 g/mol. The Balaban J connectivity index is 1.73. The van der Waals surface area contributed by atoms with Gasteiger partial charge in [0.05, 0.1) is 6.61 Å². The van der Waals surface area contributed by atoms with Crippen molar-refractivity contribution in [1.29, 1.82) is 0 Å². The van der Waals surface area contributed by atoms with Crippen molar-refractivity contribution in [3.8, 4) is 0 Å². The van der Waals surface area contributed by atoms with Crippen molar-refractivity contribution in [3.05, 3.63) is 0 Å². The van der Waals surface area contributed by atoms with Gasteiger partial charge in [0.1, 0.15) is 0 Å². The minimum atomic E-state index is 0.108. The van der Waals surface area contributed by atoms with Crippen LogP contribution in [0.3, 0.4) is 0 Å². The van der Waals surface area contributed by atoms with Gasteiger partial charge in [-0.3, -0.25) is 4.79 Å². The summed E-state index contributed by atoms with van der Waals surface area (Å²) in [6, 6.07) is 0. The van der Waals surface area contributed by atoms with E-state index in [1.54, 1.807) is 7.05 Å². The van der Waals surface area contributed by atoms with Crippen LogP contribution in [0.25, 0.3) is 0 Å². The molecule has 0 radical (unpaired) electrons. The molecule has 0 bridgehead atoms. The number of rotatable bonds is 12. The zero-order valence-corrected chi connectivity index (χ0v) is 13.6. The minimum Gasteiger partial charge on any atom is -0.381 e. The summed E-state index contributed by atoms with van der Waals surface area (Å²) in [6.07, 6.45) is 7.46. The quantitative estimate of drug-likeness (QED) is 0.559. The van der Waals surface area contributed by atoms with Crippen LogP contribution in [0.15, 0.2) is 0 Å². The molecule has 5 nitrogen and oxygen atoms in total. The molecular weight excluding hydrogens is 268 g/mol. The number of hydrogen-bond donors (Lipinski definition) is 1. The van der Waals surface area contributed by atoms with Crippen LogP contribution in [-0.4, -0.2) is 63.9 Å². The van der Waals surface area contributed by atoms with Gasteiger partial charge in [-0.15, -0.1) is 0 Å². The number of likely N-dealkylation sites (tertiary alicyclic amines) is 1. The molecule has 0 aromatic heterocycles. The molecular formula is C16H32N2O3. The van der Waals surface area contributed by atoms with Crippen LogP contribution in [0, 0.1) is 0 Å². The van der Waals surface area contributed by atoms with Crippen molar-refractivity contribution in [3.63, 3.8) is 0 Å². The Morgan fingerprint density at radius 3 is 2.33 bits per heavy atom. The summed E-state index contributed by atoms with van der Waals surface area (Å²) >= 11 is 0. The Hall–Kier alpha value is -0.650. The van der Waals surface area contributed by atoms with E-state index >= 15 is 0 Å². The number of unbranched alkanes of at least 4 members (excludes halogenated alkanes) is 1. The fourth-order valence-electron chi connectivity index (χ4n) is 2.46. The van der Waals surface area contributed by atoms with Crippen LogP contribution in [-0.2, 0) is 14.3 Å². The van der Waals surface area contributed by atoms with Gasteiger partial charge in [0.25, 0.3) is 0 Å². The number of carbonyl (C=O) groups is 1. The zero-order chi connectivity index (χ0) is 15.2. The van der Waals surface area contributed by atoms with Crippen LogP contribution in [0.1, 0.15) is 44.9 Å². The Bertz CT molecular complexity index is 256. The molecule has 0 aliphatic carbocycles. The highest BCUT2D eigenvalue weighted by Gasteiger charge is 2.08. The molecule has 0 atom stereocenters. The number of nitrogens with one attached hydrogen (secondary N) is 1. The molecule has 21 heavy (non-hydrogen) atoms. The Kier molecular flexibility index (Phi) is 11.4. The summed E-state index contributed by atoms with van der Waals surface area (Å²) in [6.45, 7) is 6.66. The summed E-state index contributed by atoms with van der Waals surface area (Å²) in [7, 11) is 1.67. The molecule has 0 aromatic rings. The fraction of sp³-hybridized carbons (Fsp3) is 0.938. The van der Waals surface area contributed by atoms with Crippen molar-refractivity contribution < 1.29 is 14.3 Å². The maximum atomic E-state index is 11.0. The maximum absolute atomic E-state index is 11.0. The minimum absolute atomic E-state index is 0.108. The lowest BCUT2D eigenvalue weighted by molar-refractivity contribution is -0.120. The number of carbonyl (C=O) groups excluding carboxylic acids is 1. The average Bonchev–Trinajstić information content (AvgIpc) is 2.53. The lowest BCUT2D eigenvalue weighted by atomic mass is 10.1. The Morgan fingerprint density at radius 1 is 0.952 bits per heavy atom. The second kappa shape index (κ2) is 13.0. The second-order valence-corrected chi connectivity index (χ2v) is 5.61. The number of ether oxygens (including phenoxy) is 2. The number of nitrogens with zero attached hydrogens (tertiary/aromatic N) is 1. The van der Waals surface area contributed by atoms with E-state index < -0.39 is 0 Å². The highest BCUT2D eigenvalue weighted by atomic mass is 16.5. The normalized spacial score (nSPS) is 16.0. The van der Waals surface area contributed by atoms with E-state index in [1.165, 1.54) is 32.4 Å². The van der Waals surface area contributed by atoms with Gasteiger partial charge in [0.2, 0.25) is 5.91 Å². The molecule has 0 saturated carbocycles. The van der Waals surface area contributed by atoms with E-state index in [0.717, 1.165) is 52.2 Å². The molecule has 0 spiro atoms. The van der Waals surface area contributed by atoms with Crippen LogP contribution in [0.4, 0.5) is 0 Å². The molecule has 1 fully saturated rings. The van der Waals surface area contributed by atoms with Gasteiger partial charge in [-0.05, 0) is 45.2 Å². The van der Waals surface area contributed by atoms with Crippen molar-refractivity contribution in [2.45, 2.75) is 44.9 Å². The lowest BCUT2D eigenvalue weighted by Crippen LogP contribution is -2.32. The first-order chi connectivity index (χ1) is 10.3. The molecule has 1 N–H and O–H groups in total. The van der Waals surface area contributed by atoms with E-state index in [0.29, 0.717) is 6.42 Å². The molecule has 124 valence electrons. The SMILES string of the molecule is CNC(=O)CCCCOCCCOCCN1CCCCC1. The van der Waals surface area contributed by atoms with Crippen LogP contribution >= 0.6 is 0 Å². The van der Waals surface area contributed by atoms with Crippen LogP contribution < -0.4 is 5.32 Å². The van der Waals surface area contributed by atoms with Crippen molar-refractivity contribution in [2.75, 3.05) is 53.1 Å². The first-order valence-electron chi connectivity index (χ1n) is 8.41. The maximum Gasteiger partial charge on any atom is 0.219 e. The van der Waals surface area contributed by atoms with E-state index in [9.17, 15) is 4.79 Å². The standard InChI is InChI=1S/C16H32N2O3/c1-17-16(19)8-3-6-12-20-13-7-14-21-15-11-18-9-4-2-5-10-18/h2-15H2,1H3,(H,17,19). The third-order valence-corrected chi connectivity index (χ3v) is 3.80. The topological polar surface area (TPSA) is 50.8 Å². The van der Waals surface area contributed by atoms with Crippen molar-refractivity contribution >= 4 is 5.91 Å². The molecule has 5 heteroatoms. The highest BCUT2D eigenvalue weighted by molar-refractivity contribution is 5.75. The average molecular weight is 300 g/mol. The van der Waals surface area contributed by atoms with E-state index in [4.69, 9.17) is 9.47 Å². The summed E-state index contributed by atoms with van der Waals surface area (Å²) in [4.78, 5) is 13.5. The van der Waals surface area contributed by atoms with E-state index in [-0.39, 0.29) is 5.91 Å². The first kappa shape index (κ1) is 18.4. The predicted octanol–water partition coefficient (Wildman–Crippen LogP) is 1.81. The zero-order valence-electron chi connectivity index (χ0n) is 13.6. The lowest BCUT2D eigenvalue weighted by Gasteiger charge is -2.26. The third kappa shape index (κ3) is 10.7. The van der Waals surface area contributed by atoms with E-state index in [1.807, 2.05) is 0 Å². The van der Waals surface area contributed by atoms with Gasteiger partial charge in [0.15, 0.2) is 0 Å². The molecule has 1 rings (SSSR count). The van der Waals surface area contributed by atoms with Gasteiger partial charge < -0.3 is 19.7 Å². The number of hydrogen-bond acceptors (Lipinski definition) is 4. The molecule has 0 unspecified atom stereocenters. The van der Waals surface area contributed by atoms with Crippen molar-refractivity contribution in [2.24, 2.45) is 0 Å². The second-order valence-electron chi connectivity index (χ2n) is 5.61. The van der Waals surface area contributed by atoms with Crippen molar-refractivity contribution in [1.82, 2.24) is 10.2 Å².